The molecule has 24 nitrogen and oxygen atoms in total. The smallest absolute Gasteiger partial charge is 0.356 e. The van der Waals surface area contributed by atoms with Crippen LogP contribution in [0.3, 0.4) is 0 Å². The van der Waals surface area contributed by atoms with Gasteiger partial charge in [0, 0.05) is 0 Å². The van der Waals surface area contributed by atoms with Crippen LogP contribution in [-0.4, -0.2) is 56.4 Å². The minimum Gasteiger partial charge on any atom is -0.356 e. The van der Waals surface area contributed by atoms with Crippen LogP contribution in [0.1, 0.15) is 0 Å². The van der Waals surface area contributed by atoms with Gasteiger partial charge in [-0.2, -0.15) is 0 Å². The molecule has 0 radical (unpaired) electrons. The zero-order valence-corrected chi connectivity index (χ0v) is 18.1. The van der Waals surface area contributed by atoms with Crippen molar-refractivity contribution in [3.63, 3.8) is 0 Å². The van der Waals surface area contributed by atoms with E-state index >= 15 is 0 Å². The summed E-state index contributed by atoms with van der Waals surface area (Å²) >= 11 is 0. The molecule has 0 spiro atoms. The molecule has 0 amide bonds. The van der Waals surface area contributed by atoms with E-state index in [0.29, 0.717) is 0 Å². The fourth-order valence-corrected chi connectivity index (χ4v) is 0. The molecule has 0 aromatic rings. The second kappa shape index (κ2) is 43.2. The molecule has 0 aromatic carbocycles. The molecular formula is InLaN6O18. The summed E-state index contributed by atoms with van der Waals surface area (Å²) in [5.74, 6) is 0. The molecule has 0 rings (SSSR count). The Labute approximate surface area is 183 Å². The Morgan fingerprint density at radius 1 is 0.308 bits per heavy atom. The maximum absolute atomic E-state index is 8.25. The van der Waals surface area contributed by atoms with Gasteiger partial charge < -0.3 is 91.9 Å². The maximum Gasteiger partial charge on any atom is 3.00 e. The molecular weight excluding hydrogens is 626 g/mol. The standard InChI is InChI=1S/In.La.6NO3/c;;6*2-1(3)4/q2*+3;6*-1. The molecule has 0 aliphatic rings. The molecule has 0 fully saturated rings. The molecule has 0 heterocycles. The Morgan fingerprint density at radius 3 is 0.308 bits per heavy atom. The van der Waals surface area contributed by atoms with Gasteiger partial charge in [-0.15, -0.1) is 0 Å². The monoisotopic (exact) mass is 626 g/mol. The van der Waals surface area contributed by atoms with E-state index in [1.165, 1.54) is 0 Å². The molecule has 144 valence electrons. The van der Waals surface area contributed by atoms with Crippen LogP contribution in [0.4, 0.5) is 0 Å². The fourth-order valence-electron chi connectivity index (χ4n) is 0. The number of nitrogens with zero attached hydrogens (tertiary/aromatic N) is 6. The largest absolute Gasteiger partial charge is 3.00 e. The van der Waals surface area contributed by atoms with Crippen LogP contribution in [-0.2, 0) is 0 Å². The first-order valence-corrected chi connectivity index (χ1v) is 3.29. The molecule has 0 unspecified atom stereocenters. The summed E-state index contributed by atoms with van der Waals surface area (Å²) in [7, 11) is 0. The fraction of sp³-hybridized carbons (Fsp3) is 0. The van der Waals surface area contributed by atoms with Gasteiger partial charge in [-0.25, -0.2) is 0 Å². The average Bonchev–Trinajstić information content (AvgIpc) is 2.08. The second-order valence-corrected chi connectivity index (χ2v) is 1.34. The van der Waals surface area contributed by atoms with Crippen molar-refractivity contribution >= 4 is 25.8 Å². The van der Waals surface area contributed by atoms with Crippen LogP contribution in [0.25, 0.3) is 0 Å². The molecule has 26 heavy (non-hydrogen) atoms. The van der Waals surface area contributed by atoms with Crippen molar-refractivity contribution in [2.24, 2.45) is 0 Å². The van der Waals surface area contributed by atoms with E-state index in [0.717, 1.165) is 0 Å². The van der Waals surface area contributed by atoms with Crippen LogP contribution in [0.2, 0.25) is 0 Å². The molecule has 0 N–H and O–H groups in total. The van der Waals surface area contributed by atoms with Crippen LogP contribution in [0, 0.1) is 128 Å². The van der Waals surface area contributed by atoms with Crippen molar-refractivity contribution in [3.8, 4) is 0 Å². The van der Waals surface area contributed by atoms with Crippen LogP contribution < -0.4 is 0 Å². The number of hydrogen-bond donors (Lipinski definition) is 0. The van der Waals surface area contributed by atoms with Crippen molar-refractivity contribution < 1.29 is 66.1 Å². The van der Waals surface area contributed by atoms with E-state index in [9.17, 15) is 0 Å². The molecule has 0 aliphatic heterocycles. The van der Waals surface area contributed by atoms with Gasteiger partial charge in [-0.1, -0.05) is 0 Å². The van der Waals surface area contributed by atoms with Crippen LogP contribution in [0.15, 0.2) is 0 Å². The summed E-state index contributed by atoms with van der Waals surface area (Å²) in [5.41, 5.74) is 0. The summed E-state index contributed by atoms with van der Waals surface area (Å²) < 4.78 is 0. The summed E-state index contributed by atoms with van der Waals surface area (Å²) in [5, 5.41) is 88.5. The summed E-state index contributed by atoms with van der Waals surface area (Å²) in [4.78, 5) is 49.5. The van der Waals surface area contributed by atoms with Gasteiger partial charge in [-0.05, 0) is 0 Å². The number of rotatable bonds is 0. The summed E-state index contributed by atoms with van der Waals surface area (Å²) in [6.45, 7) is 0. The Bertz CT molecular complexity index is 263. The van der Waals surface area contributed by atoms with E-state index in [2.05, 4.69) is 0 Å². The van der Waals surface area contributed by atoms with Gasteiger partial charge in [0.1, 0.15) is 0 Å². The van der Waals surface area contributed by atoms with Crippen molar-refractivity contribution in [2.45, 2.75) is 0 Å². The van der Waals surface area contributed by atoms with E-state index in [1.807, 2.05) is 0 Å². The first-order valence-electron chi connectivity index (χ1n) is 3.29. The molecule has 0 aromatic heterocycles. The van der Waals surface area contributed by atoms with Gasteiger partial charge in [0.15, 0.2) is 0 Å². The van der Waals surface area contributed by atoms with Crippen molar-refractivity contribution in [3.05, 3.63) is 91.9 Å². The SMILES string of the molecule is O=[N+]([O-])[O-].O=[N+]([O-])[O-].O=[N+]([O-])[O-].O=[N+]([O-])[O-].O=[N+]([O-])[O-].O=[N+]([O-])[O-].[In+3].[La+3]. The van der Waals surface area contributed by atoms with Crippen LogP contribution >= 0.6 is 0 Å². The van der Waals surface area contributed by atoms with E-state index < -0.39 is 30.5 Å². The van der Waals surface area contributed by atoms with Gasteiger partial charge in [0.05, 0.1) is 30.5 Å². The predicted octanol–water partition coefficient (Wildman–Crippen LogP) is -1.82. The minimum atomic E-state index is -1.75. The minimum absolute atomic E-state index is 0. The first kappa shape index (κ1) is 49.5. The second-order valence-electron chi connectivity index (χ2n) is 1.34. The van der Waals surface area contributed by atoms with Crippen molar-refractivity contribution in [1.29, 1.82) is 0 Å². The topological polar surface area (TPSA) is 397 Å². The van der Waals surface area contributed by atoms with Gasteiger partial charge in [-0.3, -0.25) is 0 Å². The quantitative estimate of drug-likeness (QED) is 0.211. The van der Waals surface area contributed by atoms with E-state index in [1.54, 1.807) is 0 Å². The normalized spacial score (nSPS) is 5.54. The van der Waals surface area contributed by atoms with Gasteiger partial charge in [0.25, 0.3) is 0 Å². The van der Waals surface area contributed by atoms with Gasteiger partial charge in [0.2, 0.25) is 0 Å². The molecule has 0 atom stereocenters. The Morgan fingerprint density at radius 2 is 0.308 bits per heavy atom. The predicted molar refractivity (Wildman–Crippen MR) is 67.9 cm³/mol. The maximum atomic E-state index is 8.25. The summed E-state index contributed by atoms with van der Waals surface area (Å²) in [6.07, 6.45) is 0. The number of hydrogen-bond acceptors (Lipinski definition) is 18. The van der Waals surface area contributed by atoms with E-state index in [-0.39, 0.29) is 61.4 Å². The van der Waals surface area contributed by atoms with Crippen molar-refractivity contribution in [2.75, 3.05) is 0 Å². The third kappa shape index (κ3) is 1170. The van der Waals surface area contributed by atoms with Crippen molar-refractivity contribution in [1.82, 2.24) is 0 Å². The Kier molecular flexibility index (Phi) is 82.3. The van der Waals surface area contributed by atoms with Crippen LogP contribution in [0.5, 0.6) is 0 Å². The third-order valence-corrected chi connectivity index (χ3v) is 0. The molecule has 0 bridgehead atoms. The Balaban J connectivity index is -0.0000000245. The molecule has 0 saturated carbocycles. The Hall–Kier alpha value is -2.74. The average molecular weight is 626 g/mol. The zero-order valence-electron chi connectivity index (χ0n) is 11.2. The first-order chi connectivity index (χ1) is 10.4. The molecule has 0 aliphatic carbocycles. The van der Waals surface area contributed by atoms with E-state index in [4.69, 9.17) is 91.9 Å². The zero-order chi connectivity index (χ0) is 21.5. The molecule has 0 saturated heterocycles. The third-order valence-electron chi connectivity index (χ3n) is 0. The summed E-state index contributed by atoms with van der Waals surface area (Å²) in [6, 6.07) is 0. The molecule has 26 heteroatoms. The van der Waals surface area contributed by atoms with Gasteiger partial charge >= 0.3 is 61.4 Å².